The van der Waals surface area contributed by atoms with E-state index in [9.17, 15) is 0 Å². The second-order valence-electron chi connectivity index (χ2n) is 23.8. The van der Waals surface area contributed by atoms with Gasteiger partial charge in [-0.05, 0) is 180 Å². The Morgan fingerprint density at radius 2 is 1.00 bits per heavy atom. The molecule has 7 saturated heterocycles. The first-order chi connectivity index (χ1) is 39.1. The summed E-state index contributed by atoms with van der Waals surface area (Å²) in [6.07, 6.45) is 14.5. The number of likely N-dealkylation sites (tertiary alicyclic amines) is 1. The number of ether oxygens (including phenoxy) is 6. The van der Waals surface area contributed by atoms with E-state index in [-0.39, 0.29) is 24.1 Å². The fourth-order valence-electron chi connectivity index (χ4n) is 15.0. The van der Waals surface area contributed by atoms with E-state index in [4.69, 9.17) is 53.3 Å². The van der Waals surface area contributed by atoms with E-state index in [1.165, 1.54) is 25.7 Å². The zero-order chi connectivity index (χ0) is 55.0. The van der Waals surface area contributed by atoms with Crippen LogP contribution in [0.2, 0.25) is 0 Å². The minimum absolute atomic E-state index is 0.0627. The lowest BCUT2D eigenvalue weighted by Gasteiger charge is -2.51. The van der Waals surface area contributed by atoms with Crippen LogP contribution >= 0.6 is 0 Å². The van der Waals surface area contributed by atoms with Gasteiger partial charge in [0.1, 0.15) is 35.6 Å². The number of hydrogen-bond acceptors (Lipinski definition) is 14. The molecular formula is C66H82N8O6. The largest absolute Gasteiger partial charge is 0.497 e. The van der Waals surface area contributed by atoms with E-state index < -0.39 is 18.3 Å². The summed E-state index contributed by atoms with van der Waals surface area (Å²) in [6.45, 7) is 17.7. The van der Waals surface area contributed by atoms with Crippen LogP contribution in [0.5, 0.6) is 35.0 Å². The highest BCUT2D eigenvalue weighted by atomic mass is 16.5. The van der Waals surface area contributed by atoms with E-state index in [0.717, 1.165) is 138 Å². The smallest absolute Gasteiger partial charge is 0.323 e. The summed E-state index contributed by atoms with van der Waals surface area (Å²) in [5.41, 5.74) is 5.70. The van der Waals surface area contributed by atoms with Gasteiger partial charge in [0.25, 0.3) is 0 Å². The average Bonchev–Trinajstić information content (AvgIpc) is 3.89. The monoisotopic (exact) mass is 1080 g/mol. The number of pyridine rings is 3. The lowest BCUT2D eigenvalue weighted by atomic mass is 9.72. The number of aromatic nitrogens is 5. The fraction of sp³-hybridized carbons (Fsp3) is 0.530. The number of benzene rings is 3. The molecule has 3 aromatic carbocycles. The van der Waals surface area contributed by atoms with Crippen LogP contribution in [0.15, 0.2) is 97.5 Å². The van der Waals surface area contributed by atoms with Crippen molar-refractivity contribution in [1.29, 1.82) is 0 Å². The summed E-state index contributed by atoms with van der Waals surface area (Å²) in [7, 11) is 5.15. The molecule has 14 atom stereocenters. The SMILES string of the molecule is CCC1CN(C(C)[C@H](Oc2nc(O[C@@H](c3ccnc4ccc(OC)cc34)C3CC4CC[N@]3CCC4CC)cc(O[C@@H](c3ccnc4ccc(OC)cc34)C3CC4CC[N@@]3C[C@@H]4CC)n2)c2ccnc3ccc(OC)cc23)CCC1C. The van der Waals surface area contributed by atoms with Crippen LogP contribution in [-0.4, -0.2) is 118 Å². The van der Waals surface area contributed by atoms with E-state index in [1.807, 2.05) is 61.1 Å². The first-order valence-corrected chi connectivity index (χ1v) is 30.0. The molecule has 4 aromatic heterocycles. The third-order valence-corrected chi connectivity index (χ3v) is 19.9. The summed E-state index contributed by atoms with van der Waals surface area (Å²) >= 11 is 0. The molecule has 14 nitrogen and oxygen atoms in total. The van der Waals surface area contributed by atoms with Crippen molar-refractivity contribution in [2.45, 2.75) is 129 Å². The van der Waals surface area contributed by atoms with Gasteiger partial charge in [-0.25, -0.2) is 0 Å². The van der Waals surface area contributed by atoms with Crippen molar-refractivity contribution in [3.63, 3.8) is 0 Å². The first-order valence-electron chi connectivity index (χ1n) is 30.0. The van der Waals surface area contributed by atoms with Crippen LogP contribution in [0.25, 0.3) is 32.7 Å². The number of piperidine rings is 5. The Morgan fingerprint density at radius 3 is 1.52 bits per heavy atom. The van der Waals surface area contributed by atoms with Gasteiger partial charge in [0.2, 0.25) is 11.8 Å². The third-order valence-electron chi connectivity index (χ3n) is 19.9. The molecule has 7 aromatic rings. The maximum atomic E-state index is 7.70. The van der Waals surface area contributed by atoms with Crippen molar-refractivity contribution in [3.8, 4) is 35.0 Å². The Hall–Kier alpha value is -6.35. The zero-order valence-electron chi connectivity index (χ0n) is 48.3. The van der Waals surface area contributed by atoms with Gasteiger partial charge in [-0.15, -0.1) is 0 Å². The lowest BCUT2D eigenvalue weighted by molar-refractivity contribution is -0.0497. The Kier molecular flexibility index (Phi) is 16.0. The van der Waals surface area contributed by atoms with Crippen LogP contribution < -0.4 is 28.4 Å². The van der Waals surface area contributed by atoms with Gasteiger partial charge in [-0.1, -0.05) is 47.0 Å². The van der Waals surface area contributed by atoms with E-state index in [1.54, 1.807) is 21.3 Å². The van der Waals surface area contributed by atoms with Crippen LogP contribution in [-0.2, 0) is 0 Å². The van der Waals surface area contributed by atoms with Crippen LogP contribution in [0.4, 0.5) is 0 Å². The van der Waals surface area contributed by atoms with Gasteiger partial charge in [0.15, 0.2) is 0 Å². The Balaban J connectivity index is 1.03. The Labute approximate surface area is 472 Å². The van der Waals surface area contributed by atoms with Crippen LogP contribution in [0, 0.1) is 35.5 Å². The van der Waals surface area contributed by atoms with E-state index in [0.29, 0.717) is 47.3 Å². The summed E-state index contributed by atoms with van der Waals surface area (Å²) in [5, 5.41) is 2.94. The molecule has 0 amide bonds. The van der Waals surface area contributed by atoms with E-state index in [2.05, 4.69) is 85.7 Å². The van der Waals surface area contributed by atoms with Gasteiger partial charge in [-0.3, -0.25) is 29.7 Å². The molecule has 7 aliphatic rings. The number of rotatable bonds is 19. The standard InChI is InChI=1S/C66H82N8O6/c1-9-42-22-29-72-30-23-45(42)32-59(72)64(51-19-26-68-57-16-13-48(76-7)35-54(51)57)78-61-37-62(79-65(60-33-46-24-31-74(60)39-44(46)11-3)52-20-27-69-58-17-14-49(77-8)36-55(52)58)71-66(70-61)80-63(41(5)73-28-21-40(4)43(10-2)38-73)50-18-25-67-56-15-12-47(75-6)34-53(50)56/h12-20,25-27,34-37,40-46,59-60,63-65H,9-11,21-24,28-33,38-39H2,1-8H3/t40?,41?,42?,43?,44-,45?,46?,59?,60?,63-,64-,65-/m0/s1. The third kappa shape index (κ3) is 10.7. The lowest BCUT2D eigenvalue weighted by Crippen LogP contribution is -2.56. The van der Waals surface area contributed by atoms with Crippen molar-refractivity contribution in [2.24, 2.45) is 35.5 Å². The molecule has 0 spiro atoms. The maximum absolute atomic E-state index is 7.70. The second kappa shape index (κ2) is 23.6. The van der Waals surface area contributed by atoms with Gasteiger partial charge in [0.05, 0.1) is 56.0 Å². The Bertz CT molecular complexity index is 3290. The van der Waals surface area contributed by atoms with Crippen LogP contribution in [0.3, 0.4) is 0 Å². The predicted octanol–water partition coefficient (Wildman–Crippen LogP) is 12.9. The fourth-order valence-corrected chi connectivity index (χ4v) is 15.0. The minimum atomic E-state index is -0.526. The number of fused-ring (bicyclic) bond motifs is 10. The summed E-state index contributed by atoms with van der Waals surface area (Å²) in [4.78, 5) is 33.4. The number of hydrogen-bond donors (Lipinski definition) is 0. The molecule has 14 heteroatoms. The van der Waals surface area contributed by atoms with Crippen molar-refractivity contribution in [2.75, 3.05) is 60.6 Å². The van der Waals surface area contributed by atoms with Crippen molar-refractivity contribution >= 4 is 32.7 Å². The van der Waals surface area contributed by atoms with Crippen molar-refractivity contribution < 1.29 is 28.4 Å². The summed E-state index contributed by atoms with van der Waals surface area (Å²) in [6, 6.07) is 26.9. The molecule has 0 saturated carbocycles. The first kappa shape index (κ1) is 54.2. The molecule has 8 unspecified atom stereocenters. The molecular weight excluding hydrogens is 1000 g/mol. The van der Waals surface area contributed by atoms with Gasteiger partial charge < -0.3 is 28.4 Å². The highest BCUT2D eigenvalue weighted by Crippen LogP contribution is 2.47. The highest BCUT2D eigenvalue weighted by Gasteiger charge is 2.46. The summed E-state index contributed by atoms with van der Waals surface area (Å²) < 4.78 is 40.5. The van der Waals surface area contributed by atoms with Gasteiger partial charge in [-0.2, -0.15) is 9.97 Å². The number of nitrogens with zero attached hydrogens (tertiary/aromatic N) is 8. The van der Waals surface area contributed by atoms with Crippen LogP contribution in [0.1, 0.15) is 127 Å². The molecule has 7 aliphatic heterocycles. The second-order valence-corrected chi connectivity index (χ2v) is 23.8. The molecule has 422 valence electrons. The van der Waals surface area contributed by atoms with Gasteiger partial charge >= 0.3 is 6.01 Å². The normalized spacial score (nSPS) is 27.3. The molecule has 80 heavy (non-hydrogen) atoms. The van der Waals surface area contributed by atoms with Gasteiger partial charge in [0, 0.05) is 70.6 Å². The highest BCUT2D eigenvalue weighted by molar-refractivity contribution is 5.86. The van der Waals surface area contributed by atoms with Crippen molar-refractivity contribution in [3.05, 3.63) is 114 Å². The zero-order valence-corrected chi connectivity index (χ0v) is 48.3. The Morgan fingerprint density at radius 1 is 0.512 bits per heavy atom. The van der Waals surface area contributed by atoms with Crippen molar-refractivity contribution in [1.82, 2.24) is 39.6 Å². The van der Waals surface area contributed by atoms with E-state index >= 15 is 0 Å². The molecule has 7 fully saturated rings. The maximum Gasteiger partial charge on any atom is 0.323 e. The molecule has 4 bridgehead atoms. The molecule has 0 N–H and O–H groups in total. The molecule has 0 aliphatic carbocycles. The average molecular weight is 1080 g/mol. The summed E-state index contributed by atoms with van der Waals surface area (Å²) in [5.74, 6) is 6.77. The molecule has 11 heterocycles. The molecule has 14 rings (SSSR count). The minimum Gasteiger partial charge on any atom is -0.497 e. The molecule has 0 radical (unpaired) electrons. The number of methoxy groups -OCH3 is 3. The topological polar surface area (TPSA) is 130 Å². The quantitative estimate of drug-likeness (QED) is 0.0761. The predicted molar refractivity (Wildman–Crippen MR) is 314 cm³/mol.